The Morgan fingerprint density at radius 2 is 2.04 bits per heavy atom. The number of non-ortho nitro benzene ring substituents is 1. The summed E-state index contributed by atoms with van der Waals surface area (Å²) in [6.07, 6.45) is 1.31. The number of rotatable bonds is 5. The Morgan fingerprint density at radius 1 is 1.42 bits per heavy atom. The maximum Gasteiger partial charge on any atom is 0.326 e. The highest BCUT2D eigenvalue weighted by molar-refractivity contribution is 8.26. The van der Waals surface area contributed by atoms with E-state index in [2.05, 4.69) is 0 Å². The molecule has 1 aromatic carbocycles. The van der Waals surface area contributed by atoms with E-state index in [-0.39, 0.29) is 28.6 Å². The summed E-state index contributed by atoms with van der Waals surface area (Å²) in [4.78, 5) is 35.7. The summed E-state index contributed by atoms with van der Waals surface area (Å²) in [5, 5.41) is 10.6. The Labute approximate surface area is 147 Å². The normalized spacial score (nSPS) is 16.1. The first-order chi connectivity index (χ1) is 11.3. The highest BCUT2D eigenvalue weighted by atomic mass is 32.2. The van der Waals surface area contributed by atoms with Gasteiger partial charge >= 0.3 is 5.97 Å². The second-order valence-corrected chi connectivity index (χ2v) is 6.83. The third-order valence-electron chi connectivity index (χ3n) is 2.93. The quantitative estimate of drug-likeness (QED) is 0.260. The number of hydrogen-bond donors (Lipinski definition) is 0. The Bertz CT molecular complexity index is 728. The molecular formula is C15H14N2O5S2. The molecule has 7 nitrogen and oxygen atoms in total. The van der Waals surface area contributed by atoms with Crippen LogP contribution in [0.2, 0.25) is 0 Å². The summed E-state index contributed by atoms with van der Waals surface area (Å²) in [5.41, 5.74) is 0.599. The SMILES string of the molecule is CC(C)OC(=O)CN1C(=O)/C(=C/c2ccc([N+](=O)[O-])cc2)SC1=S. The summed E-state index contributed by atoms with van der Waals surface area (Å²) in [6.45, 7) is 3.20. The number of ether oxygens (including phenoxy) is 1. The van der Waals surface area contributed by atoms with Crippen molar-refractivity contribution in [1.82, 2.24) is 4.90 Å². The lowest BCUT2D eigenvalue weighted by atomic mass is 10.2. The summed E-state index contributed by atoms with van der Waals surface area (Å²) in [7, 11) is 0. The Morgan fingerprint density at radius 3 is 2.58 bits per heavy atom. The van der Waals surface area contributed by atoms with E-state index in [1.165, 1.54) is 29.2 Å². The predicted molar refractivity (Wildman–Crippen MR) is 94.2 cm³/mol. The van der Waals surface area contributed by atoms with Crippen LogP contribution in [-0.2, 0) is 14.3 Å². The van der Waals surface area contributed by atoms with Crippen molar-refractivity contribution in [1.29, 1.82) is 0 Å². The average Bonchev–Trinajstić information content (AvgIpc) is 2.74. The van der Waals surface area contributed by atoms with Crippen LogP contribution in [0.15, 0.2) is 29.2 Å². The van der Waals surface area contributed by atoms with Crippen LogP contribution in [-0.4, -0.2) is 38.7 Å². The fourth-order valence-electron chi connectivity index (χ4n) is 1.91. The second-order valence-electron chi connectivity index (χ2n) is 5.16. The Kier molecular flexibility index (Phi) is 5.68. The molecule has 0 aromatic heterocycles. The largest absolute Gasteiger partial charge is 0.462 e. The molecule has 24 heavy (non-hydrogen) atoms. The van der Waals surface area contributed by atoms with Gasteiger partial charge in [-0.25, -0.2) is 0 Å². The number of thioether (sulfide) groups is 1. The molecule has 0 atom stereocenters. The van der Waals surface area contributed by atoms with E-state index in [0.29, 0.717) is 10.5 Å². The maximum absolute atomic E-state index is 12.4. The summed E-state index contributed by atoms with van der Waals surface area (Å²) < 4.78 is 5.28. The van der Waals surface area contributed by atoms with Gasteiger partial charge < -0.3 is 4.74 Å². The highest BCUT2D eigenvalue weighted by Crippen LogP contribution is 2.32. The van der Waals surface area contributed by atoms with Gasteiger partial charge in [0.2, 0.25) is 0 Å². The van der Waals surface area contributed by atoms with Crippen LogP contribution in [0.1, 0.15) is 19.4 Å². The third-order valence-corrected chi connectivity index (χ3v) is 4.31. The standard InChI is InChI=1S/C15H14N2O5S2/c1-9(2)22-13(18)8-16-14(19)12(24-15(16)23)7-10-3-5-11(6-4-10)17(20)21/h3-7,9H,8H2,1-2H3/b12-7-. The minimum Gasteiger partial charge on any atom is -0.462 e. The first kappa shape index (κ1) is 18.1. The van der Waals surface area contributed by atoms with Crippen molar-refractivity contribution in [2.75, 3.05) is 6.54 Å². The number of esters is 1. The molecule has 0 aliphatic carbocycles. The molecule has 0 spiro atoms. The summed E-state index contributed by atoms with van der Waals surface area (Å²) >= 11 is 6.20. The number of nitro groups is 1. The van der Waals surface area contributed by atoms with Crippen LogP contribution in [0.25, 0.3) is 6.08 Å². The Hall–Kier alpha value is -2.26. The van der Waals surface area contributed by atoms with Crippen LogP contribution in [0.4, 0.5) is 5.69 Å². The van der Waals surface area contributed by atoms with Crippen molar-refractivity contribution < 1.29 is 19.2 Å². The van der Waals surface area contributed by atoms with Crippen molar-refractivity contribution >= 4 is 51.9 Å². The molecule has 0 saturated carbocycles. The zero-order valence-electron chi connectivity index (χ0n) is 12.9. The molecule has 1 saturated heterocycles. The highest BCUT2D eigenvalue weighted by Gasteiger charge is 2.33. The lowest BCUT2D eigenvalue weighted by molar-refractivity contribution is -0.384. The molecule has 9 heteroatoms. The maximum atomic E-state index is 12.4. The van der Waals surface area contributed by atoms with E-state index in [9.17, 15) is 19.7 Å². The molecule has 1 fully saturated rings. The molecule has 0 N–H and O–H groups in total. The molecule has 126 valence electrons. The molecule has 1 amide bonds. The molecule has 1 aromatic rings. The van der Waals surface area contributed by atoms with E-state index in [1.807, 2.05) is 0 Å². The molecule has 0 bridgehead atoms. The monoisotopic (exact) mass is 366 g/mol. The van der Waals surface area contributed by atoms with Gasteiger partial charge in [-0.2, -0.15) is 0 Å². The third kappa shape index (κ3) is 4.39. The summed E-state index contributed by atoms with van der Waals surface area (Å²) in [6, 6.07) is 5.79. The van der Waals surface area contributed by atoms with Crippen LogP contribution < -0.4 is 0 Å². The fourth-order valence-corrected chi connectivity index (χ4v) is 3.16. The number of hydrogen-bond acceptors (Lipinski definition) is 7. The van der Waals surface area contributed by atoms with Crippen molar-refractivity contribution in [3.05, 3.63) is 44.8 Å². The number of carbonyl (C=O) groups is 2. The number of thiocarbonyl (C=S) groups is 1. The zero-order valence-corrected chi connectivity index (χ0v) is 14.6. The molecule has 0 unspecified atom stereocenters. The van der Waals surface area contributed by atoms with E-state index >= 15 is 0 Å². The van der Waals surface area contributed by atoms with E-state index in [1.54, 1.807) is 19.9 Å². The van der Waals surface area contributed by atoms with E-state index in [0.717, 1.165) is 11.8 Å². The zero-order chi connectivity index (χ0) is 17.9. The number of benzene rings is 1. The number of nitrogens with zero attached hydrogens (tertiary/aromatic N) is 2. The number of nitro benzene ring substituents is 1. The van der Waals surface area contributed by atoms with E-state index in [4.69, 9.17) is 17.0 Å². The van der Waals surface area contributed by atoms with Crippen LogP contribution >= 0.6 is 24.0 Å². The number of carbonyl (C=O) groups excluding carboxylic acids is 2. The van der Waals surface area contributed by atoms with Crippen molar-refractivity contribution in [3.63, 3.8) is 0 Å². The molecule has 2 rings (SSSR count). The second kappa shape index (κ2) is 7.54. The molecule has 1 aliphatic heterocycles. The lowest BCUT2D eigenvalue weighted by Crippen LogP contribution is -2.35. The van der Waals surface area contributed by atoms with Gasteiger partial charge in [0.1, 0.15) is 10.9 Å². The molecular weight excluding hydrogens is 352 g/mol. The smallest absolute Gasteiger partial charge is 0.326 e. The first-order valence-electron chi connectivity index (χ1n) is 6.97. The van der Waals surface area contributed by atoms with Crippen LogP contribution in [0.5, 0.6) is 0 Å². The van der Waals surface area contributed by atoms with Gasteiger partial charge in [-0.3, -0.25) is 24.6 Å². The van der Waals surface area contributed by atoms with Crippen molar-refractivity contribution in [2.24, 2.45) is 0 Å². The lowest BCUT2D eigenvalue weighted by Gasteiger charge is -2.14. The topological polar surface area (TPSA) is 89.8 Å². The fraction of sp³-hybridized carbons (Fsp3) is 0.267. The van der Waals surface area contributed by atoms with Gasteiger partial charge in [-0.1, -0.05) is 24.0 Å². The van der Waals surface area contributed by atoms with Crippen LogP contribution in [0.3, 0.4) is 0 Å². The van der Waals surface area contributed by atoms with Gasteiger partial charge in [-0.05, 0) is 37.6 Å². The minimum atomic E-state index is -0.530. The minimum absolute atomic E-state index is 0.0314. The molecule has 1 heterocycles. The van der Waals surface area contributed by atoms with Gasteiger partial charge in [0.25, 0.3) is 11.6 Å². The van der Waals surface area contributed by atoms with Crippen molar-refractivity contribution in [2.45, 2.75) is 20.0 Å². The Balaban J connectivity index is 2.12. The van der Waals surface area contributed by atoms with Gasteiger partial charge in [-0.15, -0.1) is 0 Å². The predicted octanol–water partition coefficient (Wildman–Crippen LogP) is 2.75. The average molecular weight is 366 g/mol. The van der Waals surface area contributed by atoms with Gasteiger partial charge in [0.05, 0.1) is 15.9 Å². The van der Waals surface area contributed by atoms with Crippen molar-refractivity contribution in [3.8, 4) is 0 Å². The molecule has 0 radical (unpaired) electrons. The van der Waals surface area contributed by atoms with Gasteiger partial charge in [0, 0.05) is 12.1 Å². The number of amides is 1. The molecule has 1 aliphatic rings. The van der Waals surface area contributed by atoms with Crippen LogP contribution in [0, 0.1) is 10.1 Å². The van der Waals surface area contributed by atoms with E-state index < -0.39 is 10.9 Å². The summed E-state index contributed by atoms with van der Waals surface area (Å²) in [5.74, 6) is -0.915. The van der Waals surface area contributed by atoms with Gasteiger partial charge in [0.15, 0.2) is 0 Å². The first-order valence-corrected chi connectivity index (χ1v) is 8.19.